The number of nitrogens with zero attached hydrogens (tertiary/aromatic N) is 2. The Hall–Kier alpha value is -3.78. The van der Waals surface area contributed by atoms with Gasteiger partial charge in [0.05, 0.1) is 16.6 Å². The summed E-state index contributed by atoms with van der Waals surface area (Å²) in [6, 6.07) is 15.7. The van der Waals surface area contributed by atoms with Crippen LogP contribution in [0.3, 0.4) is 0 Å². The van der Waals surface area contributed by atoms with Gasteiger partial charge >= 0.3 is 0 Å². The first-order valence-electron chi connectivity index (χ1n) is 9.17. The van der Waals surface area contributed by atoms with Gasteiger partial charge in [0.15, 0.2) is 5.69 Å². The third-order valence-corrected chi connectivity index (χ3v) is 6.00. The molecule has 0 unspecified atom stereocenters. The minimum atomic E-state index is -0.612. The predicted octanol–water partition coefficient (Wildman–Crippen LogP) is 3.42. The summed E-state index contributed by atoms with van der Waals surface area (Å²) in [5.41, 5.74) is 6.82. The monoisotopic (exact) mass is 418 g/mol. The second-order valence-electron chi connectivity index (χ2n) is 6.75. The van der Waals surface area contributed by atoms with Crippen molar-refractivity contribution >= 4 is 38.9 Å². The van der Waals surface area contributed by atoms with Gasteiger partial charge in [-0.1, -0.05) is 36.4 Å². The second-order valence-corrected chi connectivity index (χ2v) is 7.98. The zero-order valence-corrected chi connectivity index (χ0v) is 17.1. The van der Waals surface area contributed by atoms with E-state index in [0.29, 0.717) is 21.5 Å². The summed E-state index contributed by atoms with van der Waals surface area (Å²) in [5, 5.41) is 8.28. The maximum atomic E-state index is 13.2. The van der Waals surface area contributed by atoms with Gasteiger partial charge in [0, 0.05) is 10.3 Å². The van der Waals surface area contributed by atoms with Crippen LogP contribution in [-0.4, -0.2) is 21.6 Å². The fourth-order valence-corrected chi connectivity index (χ4v) is 4.34. The molecule has 0 bridgehead atoms. The van der Waals surface area contributed by atoms with Crippen molar-refractivity contribution in [2.24, 2.45) is 5.73 Å². The molecule has 0 fully saturated rings. The molecule has 0 atom stereocenters. The van der Waals surface area contributed by atoms with E-state index >= 15 is 0 Å². The molecule has 0 saturated heterocycles. The van der Waals surface area contributed by atoms with Crippen LogP contribution in [0.1, 0.15) is 31.3 Å². The van der Waals surface area contributed by atoms with Crippen molar-refractivity contribution in [3.05, 3.63) is 86.6 Å². The highest BCUT2D eigenvalue weighted by atomic mass is 32.1. The Morgan fingerprint density at radius 3 is 2.30 bits per heavy atom. The standard InChI is InChI=1S/C22H18N4O3S/c1-12-13(2)30-21(17(12)19(23)27)24-20(28)18-15-10-6-7-11-16(15)22(29)26(25-18)14-8-4-3-5-9-14/h3-11H,1-2H3,(H2,23,27)(H,24,28). The van der Waals surface area contributed by atoms with Crippen LogP contribution in [-0.2, 0) is 0 Å². The van der Waals surface area contributed by atoms with E-state index in [4.69, 9.17) is 5.73 Å². The highest BCUT2D eigenvalue weighted by Crippen LogP contribution is 2.32. The van der Waals surface area contributed by atoms with Crippen LogP contribution in [0.5, 0.6) is 0 Å². The Morgan fingerprint density at radius 2 is 1.63 bits per heavy atom. The first kappa shape index (κ1) is 19.5. The lowest BCUT2D eigenvalue weighted by atomic mass is 10.1. The van der Waals surface area contributed by atoms with Gasteiger partial charge in [-0.3, -0.25) is 14.4 Å². The molecule has 7 nitrogen and oxygen atoms in total. The smallest absolute Gasteiger partial charge is 0.279 e. The number of hydrogen-bond acceptors (Lipinski definition) is 5. The Labute approximate surface area is 175 Å². The van der Waals surface area contributed by atoms with E-state index in [1.165, 1.54) is 16.0 Å². The van der Waals surface area contributed by atoms with E-state index in [-0.39, 0.29) is 16.8 Å². The quantitative estimate of drug-likeness (QED) is 0.529. The van der Waals surface area contributed by atoms with E-state index in [1.807, 2.05) is 13.0 Å². The fourth-order valence-electron chi connectivity index (χ4n) is 3.28. The van der Waals surface area contributed by atoms with E-state index in [0.717, 1.165) is 10.4 Å². The molecule has 0 aliphatic carbocycles. The van der Waals surface area contributed by atoms with Crippen molar-refractivity contribution in [1.82, 2.24) is 9.78 Å². The first-order chi connectivity index (χ1) is 14.4. The van der Waals surface area contributed by atoms with Crippen LogP contribution in [0.15, 0.2) is 59.4 Å². The van der Waals surface area contributed by atoms with Crippen molar-refractivity contribution in [3.8, 4) is 5.69 Å². The molecule has 0 aliphatic heterocycles. The number of carbonyl (C=O) groups excluding carboxylic acids is 2. The number of amides is 2. The van der Waals surface area contributed by atoms with Crippen LogP contribution < -0.4 is 16.6 Å². The molecule has 3 N–H and O–H groups in total. The van der Waals surface area contributed by atoms with E-state index in [9.17, 15) is 14.4 Å². The Kier molecular flexibility index (Phi) is 4.93. The minimum absolute atomic E-state index is 0.0770. The summed E-state index contributed by atoms with van der Waals surface area (Å²) in [6.07, 6.45) is 0. The second kappa shape index (κ2) is 7.57. The summed E-state index contributed by atoms with van der Waals surface area (Å²) in [7, 11) is 0. The number of para-hydroxylation sites is 1. The van der Waals surface area contributed by atoms with Gasteiger partial charge in [-0.25, -0.2) is 0 Å². The number of anilines is 1. The number of hydrogen-bond donors (Lipinski definition) is 2. The van der Waals surface area contributed by atoms with Crippen molar-refractivity contribution in [3.63, 3.8) is 0 Å². The minimum Gasteiger partial charge on any atom is -0.365 e. The van der Waals surface area contributed by atoms with Crippen molar-refractivity contribution in [2.45, 2.75) is 13.8 Å². The summed E-state index contributed by atoms with van der Waals surface area (Å²) in [6.45, 7) is 3.64. The number of primary amides is 1. The third-order valence-electron chi connectivity index (χ3n) is 4.88. The summed E-state index contributed by atoms with van der Waals surface area (Å²) in [4.78, 5) is 38.9. The van der Waals surface area contributed by atoms with E-state index in [2.05, 4.69) is 10.4 Å². The summed E-state index contributed by atoms with van der Waals surface area (Å²) >= 11 is 1.27. The average molecular weight is 418 g/mol. The molecule has 2 aromatic heterocycles. The normalized spacial score (nSPS) is 10.9. The molecule has 4 rings (SSSR count). The number of aromatic nitrogens is 2. The SMILES string of the molecule is Cc1sc(NC(=O)c2nn(-c3ccccc3)c(=O)c3ccccc23)c(C(N)=O)c1C. The maximum absolute atomic E-state index is 13.2. The number of carbonyl (C=O) groups is 2. The molecule has 2 aromatic carbocycles. The molecule has 0 saturated carbocycles. The summed E-state index contributed by atoms with van der Waals surface area (Å²) in [5.74, 6) is -1.14. The number of aryl methyl sites for hydroxylation is 1. The van der Waals surface area contributed by atoms with Crippen molar-refractivity contribution in [2.75, 3.05) is 5.32 Å². The number of thiophene rings is 1. The van der Waals surface area contributed by atoms with Crippen LogP contribution in [0.4, 0.5) is 5.00 Å². The topological polar surface area (TPSA) is 107 Å². The Balaban J connectivity index is 1.88. The van der Waals surface area contributed by atoms with Crippen molar-refractivity contribution in [1.29, 1.82) is 0 Å². The average Bonchev–Trinajstić information content (AvgIpc) is 3.02. The number of benzene rings is 2. The first-order valence-corrected chi connectivity index (χ1v) is 9.98. The van der Waals surface area contributed by atoms with Gasteiger partial charge in [-0.2, -0.15) is 9.78 Å². The number of nitrogens with one attached hydrogen (secondary N) is 1. The zero-order chi connectivity index (χ0) is 21.4. The molecule has 2 amide bonds. The van der Waals surface area contributed by atoms with Crippen LogP contribution in [0.25, 0.3) is 16.5 Å². The van der Waals surface area contributed by atoms with Gasteiger partial charge < -0.3 is 11.1 Å². The van der Waals surface area contributed by atoms with Gasteiger partial charge in [0.1, 0.15) is 5.00 Å². The molecule has 0 spiro atoms. The Morgan fingerprint density at radius 1 is 1.00 bits per heavy atom. The lowest BCUT2D eigenvalue weighted by Gasteiger charge is -2.11. The van der Waals surface area contributed by atoms with Crippen LogP contribution >= 0.6 is 11.3 Å². The molecule has 0 radical (unpaired) electrons. The zero-order valence-electron chi connectivity index (χ0n) is 16.3. The molecule has 2 heterocycles. The number of fused-ring (bicyclic) bond motifs is 1. The molecule has 8 heteroatoms. The molecule has 150 valence electrons. The van der Waals surface area contributed by atoms with Gasteiger partial charge in [-0.05, 0) is 37.6 Å². The van der Waals surface area contributed by atoms with Crippen LogP contribution in [0, 0.1) is 13.8 Å². The molecule has 30 heavy (non-hydrogen) atoms. The molecular weight excluding hydrogens is 400 g/mol. The van der Waals surface area contributed by atoms with Crippen LogP contribution in [0.2, 0.25) is 0 Å². The van der Waals surface area contributed by atoms with Gasteiger partial charge in [0.25, 0.3) is 17.4 Å². The molecule has 0 aliphatic rings. The number of rotatable bonds is 4. The summed E-state index contributed by atoms with van der Waals surface area (Å²) < 4.78 is 1.21. The van der Waals surface area contributed by atoms with Gasteiger partial charge in [0.2, 0.25) is 0 Å². The molecule has 4 aromatic rings. The lowest BCUT2D eigenvalue weighted by molar-refractivity contribution is 0.100. The predicted molar refractivity (Wildman–Crippen MR) is 118 cm³/mol. The lowest BCUT2D eigenvalue weighted by Crippen LogP contribution is -2.26. The van der Waals surface area contributed by atoms with Gasteiger partial charge in [-0.15, -0.1) is 11.3 Å². The van der Waals surface area contributed by atoms with E-state index < -0.39 is 11.8 Å². The Bertz CT molecular complexity index is 1360. The third kappa shape index (κ3) is 3.27. The highest BCUT2D eigenvalue weighted by Gasteiger charge is 2.22. The van der Waals surface area contributed by atoms with Crippen molar-refractivity contribution < 1.29 is 9.59 Å². The fraction of sp³-hybridized carbons (Fsp3) is 0.0909. The molecular formula is C22H18N4O3S. The number of nitrogens with two attached hydrogens (primary N) is 1. The highest BCUT2D eigenvalue weighted by molar-refractivity contribution is 7.16. The largest absolute Gasteiger partial charge is 0.365 e. The van der Waals surface area contributed by atoms with E-state index in [1.54, 1.807) is 55.5 Å². The maximum Gasteiger partial charge on any atom is 0.279 e.